The third-order valence-electron chi connectivity index (χ3n) is 9.61. The Morgan fingerprint density at radius 2 is 1.50 bits per heavy atom. The Hall–Kier alpha value is -6.10. The monoisotopic (exact) mass is 883 g/mol. The molecule has 3 amide bonds. The predicted molar refractivity (Wildman–Crippen MR) is 243 cm³/mol. The number of nitrogens with one attached hydrogen (secondary N) is 2. The van der Waals surface area contributed by atoms with Gasteiger partial charge in [0.2, 0.25) is 11.8 Å². The fourth-order valence-corrected chi connectivity index (χ4v) is 6.45. The second-order valence-electron chi connectivity index (χ2n) is 15.8. The minimum atomic E-state index is -1.13. The normalized spacial score (nSPS) is 12.1. The average Bonchev–Trinajstić information content (AvgIpc) is 3.27. The fourth-order valence-electron chi connectivity index (χ4n) is 6.45. The number of pyridine rings is 1. The van der Waals surface area contributed by atoms with Gasteiger partial charge in [-0.2, -0.15) is 0 Å². The highest BCUT2D eigenvalue weighted by Gasteiger charge is 2.27. The van der Waals surface area contributed by atoms with Crippen molar-refractivity contribution in [3.63, 3.8) is 0 Å². The third-order valence-corrected chi connectivity index (χ3v) is 9.61. The van der Waals surface area contributed by atoms with Crippen molar-refractivity contribution < 1.29 is 47.6 Å². The van der Waals surface area contributed by atoms with Gasteiger partial charge in [0.25, 0.3) is 0 Å². The number of nitrogens with zero attached hydrogens (tertiary/aromatic N) is 5. The molecule has 1 aromatic heterocycles. The van der Waals surface area contributed by atoms with Crippen LogP contribution in [0.5, 0.6) is 0 Å². The highest BCUT2D eigenvalue weighted by molar-refractivity contribution is 5.96. The Labute approximate surface area is 374 Å². The highest BCUT2D eigenvalue weighted by atomic mass is 16.6. The van der Waals surface area contributed by atoms with E-state index in [0.29, 0.717) is 57.3 Å². The molecule has 17 heteroatoms. The summed E-state index contributed by atoms with van der Waals surface area (Å²) in [5.41, 5.74) is 11.2. The highest BCUT2D eigenvalue weighted by Crippen LogP contribution is 2.30. The summed E-state index contributed by atoms with van der Waals surface area (Å²) in [5, 5.41) is 11.4. The van der Waals surface area contributed by atoms with E-state index in [0.717, 1.165) is 27.5 Å². The molecule has 17 nitrogen and oxygen atoms in total. The number of methoxy groups -OCH3 is 1. The molecular weight excluding hydrogens is 823 g/mol. The molecule has 0 spiro atoms. The minimum Gasteiger partial charge on any atom is -0.469 e. The largest absolute Gasteiger partial charge is 0.469 e. The van der Waals surface area contributed by atoms with Crippen molar-refractivity contribution in [3.8, 4) is 11.1 Å². The molecule has 0 aliphatic rings. The van der Waals surface area contributed by atoms with Gasteiger partial charge in [0.05, 0.1) is 72.4 Å². The van der Waals surface area contributed by atoms with Crippen LogP contribution in [0.3, 0.4) is 0 Å². The number of unbranched alkanes of at least 4 members (excludes halogenated alkanes) is 1. The van der Waals surface area contributed by atoms with Gasteiger partial charge in [-0.05, 0) is 91.2 Å². The molecule has 0 bridgehead atoms. The van der Waals surface area contributed by atoms with Crippen molar-refractivity contribution in [1.82, 2.24) is 15.6 Å². The first-order valence-electron chi connectivity index (χ1n) is 21.4. The van der Waals surface area contributed by atoms with Crippen LogP contribution in [0, 0.1) is 6.92 Å². The molecule has 3 aromatic carbocycles. The number of amides is 3. The lowest BCUT2D eigenvalue weighted by Crippen LogP contribution is -2.50. The quantitative estimate of drug-likeness (QED) is 0.0198. The standard InChI is InChI=1S/C47H61N7O10/c1-34-20-21-49-42(31-34)54(46(58)64-47(2,3)4)23-9-8-15-43(55)51-41(33-63-30-29-62-28-27-61-26-25-60-24-22-50-53-48)45(57)52-40(32-44(56)59-5)37-18-16-36(17-19-37)39-14-10-12-35-11-6-7-13-38(35)39/h6-7,10-14,16-21,31,40-41H,8-9,15,22-30,32-33H2,1-5H3,(H,51,55)(H,52,57)/t40-,41-/m0/s1. The number of azide groups is 1. The Balaban J connectivity index is 1.39. The molecule has 1 heterocycles. The zero-order valence-electron chi connectivity index (χ0n) is 37.5. The molecule has 4 rings (SSSR count). The number of anilines is 1. The predicted octanol–water partition coefficient (Wildman–Crippen LogP) is 7.40. The number of esters is 1. The van der Waals surface area contributed by atoms with Crippen LogP contribution < -0.4 is 15.5 Å². The number of aromatic nitrogens is 1. The lowest BCUT2D eigenvalue weighted by molar-refractivity contribution is -0.141. The number of carbonyl (C=O) groups is 4. The van der Waals surface area contributed by atoms with E-state index in [4.69, 9.17) is 34.0 Å². The van der Waals surface area contributed by atoms with E-state index >= 15 is 0 Å². The topological polar surface area (TPSA) is 213 Å². The fraction of sp³-hybridized carbons (Fsp3) is 0.468. The summed E-state index contributed by atoms with van der Waals surface area (Å²) in [6, 6.07) is 23.5. The number of hydrogen-bond donors (Lipinski definition) is 2. The number of rotatable bonds is 27. The first-order valence-corrected chi connectivity index (χ1v) is 21.4. The van der Waals surface area contributed by atoms with Crippen LogP contribution in [0.2, 0.25) is 0 Å². The van der Waals surface area contributed by atoms with Crippen LogP contribution in [-0.2, 0) is 42.8 Å². The summed E-state index contributed by atoms with van der Waals surface area (Å²) in [7, 11) is 1.28. The lowest BCUT2D eigenvalue weighted by atomic mass is 9.95. The molecule has 0 aliphatic heterocycles. The third kappa shape index (κ3) is 17.9. The van der Waals surface area contributed by atoms with E-state index in [9.17, 15) is 19.2 Å². The molecule has 344 valence electrons. The van der Waals surface area contributed by atoms with Gasteiger partial charge in [-0.3, -0.25) is 19.3 Å². The van der Waals surface area contributed by atoms with E-state index in [1.165, 1.54) is 12.0 Å². The average molecular weight is 884 g/mol. The maximum Gasteiger partial charge on any atom is 0.416 e. The van der Waals surface area contributed by atoms with Gasteiger partial charge < -0.3 is 39.1 Å². The zero-order valence-corrected chi connectivity index (χ0v) is 37.5. The summed E-state index contributed by atoms with van der Waals surface area (Å²) < 4.78 is 32.8. The van der Waals surface area contributed by atoms with Crippen molar-refractivity contribution in [1.29, 1.82) is 0 Å². The second kappa shape index (κ2) is 27.2. The maximum absolute atomic E-state index is 14.0. The van der Waals surface area contributed by atoms with Crippen LogP contribution in [0.4, 0.5) is 10.6 Å². The van der Waals surface area contributed by atoms with Crippen LogP contribution in [0.25, 0.3) is 32.3 Å². The van der Waals surface area contributed by atoms with Crippen LogP contribution >= 0.6 is 0 Å². The number of benzene rings is 3. The van der Waals surface area contributed by atoms with Gasteiger partial charge in [0.15, 0.2) is 0 Å². The maximum atomic E-state index is 14.0. The van der Waals surface area contributed by atoms with Crippen molar-refractivity contribution in [2.45, 2.75) is 71.1 Å². The Morgan fingerprint density at radius 1 is 0.828 bits per heavy atom. The van der Waals surface area contributed by atoms with Crippen molar-refractivity contribution in [3.05, 3.63) is 107 Å². The molecule has 4 aromatic rings. The molecule has 0 saturated heterocycles. The first kappa shape index (κ1) is 50.5. The SMILES string of the molecule is COC(=O)C[C@H](NC(=O)[C@H](COCCOCCOCCOCCN=[N+]=[N-])NC(=O)CCCCN(C(=O)OC(C)(C)C)c1cc(C)ccn1)c1ccc(-c2cccc3ccccc23)cc1. The van der Waals surface area contributed by atoms with Gasteiger partial charge >= 0.3 is 12.1 Å². The van der Waals surface area contributed by atoms with E-state index < -0.39 is 41.6 Å². The van der Waals surface area contributed by atoms with Crippen LogP contribution in [0.15, 0.2) is 90.2 Å². The molecule has 0 saturated carbocycles. The summed E-state index contributed by atoms with van der Waals surface area (Å²) >= 11 is 0. The Kier molecular flexibility index (Phi) is 21.5. The van der Waals surface area contributed by atoms with E-state index in [1.807, 2.05) is 61.5 Å². The minimum absolute atomic E-state index is 0.0519. The second-order valence-corrected chi connectivity index (χ2v) is 15.8. The number of aryl methyl sites for hydroxylation is 1. The van der Waals surface area contributed by atoms with Gasteiger partial charge in [-0.15, -0.1) is 0 Å². The first-order chi connectivity index (χ1) is 30.9. The number of hydrogen-bond acceptors (Lipinski definition) is 12. The van der Waals surface area contributed by atoms with Gasteiger partial charge in [-0.1, -0.05) is 71.8 Å². The van der Waals surface area contributed by atoms with Crippen molar-refractivity contribution in [2.75, 3.05) is 78.0 Å². The summed E-state index contributed by atoms with van der Waals surface area (Å²) in [4.78, 5) is 61.7. The molecule has 2 N–H and O–H groups in total. The van der Waals surface area contributed by atoms with Gasteiger partial charge in [-0.25, -0.2) is 9.78 Å². The molecule has 64 heavy (non-hydrogen) atoms. The Bertz CT molecular complexity index is 2140. The Morgan fingerprint density at radius 3 is 2.17 bits per heavy atom. The van der Waals surface area contributed by atoms with Crippen LogP contribution in [0.1, 0.15) is 63.6 Å². The van der Waals surface area contributed by atoms with Crippen LogP contribution in [-0.4, -0.2) is 114 Å². The lowest BCUT2D eigenvalue weighted by Gasteiger charge is -2.27. The molecule has 2 atom stereocenters. The van der Waals surface area contributed by atoms with Gasteiger partial charge in [0.1, 0.15) is 17.5 Å². The van der Waals surface area contributed by atoms with Gasteiger partial charge in [0, 0.05) is 30.6 Å². The number of fused-ring (bicyclic) bond motifs is 1. The molecule has 0 fully saturated rings. The summed E-state index contributed by atoms with van der Waals surface area (Å²) in [6.07, 6.45) is 1.80. The molecule has 0 aliphatic carbocycles. The molecule has 0 radical (unpaired) electrons. The van der Waals surface area contributed by atoms with Crippen molar-refractivity contribution >= 4 is 40.5 Å². The van der Waals surface area contributed by atoms with E-state index in [1.54, 1.807) is 33.0 Å². The number of carbonyl (C=O) groups excluding carboxylic acids is 4. The number of ether oxygens (including phenoxy) is 6. The summed E-state index contributed by atoms with van der Waals surface area (Å²) in [5.74, 6) is -1.04. The molecule has 0 unspecified atom stereocenters. The zero-order chi connectivity index (χ0) is 46.2. The van der Waals surface area contributed by atoms with E-state index in [2.05, 4.69) is 43.8 Å². The smallest absolute Gasteiger partial charge is 0.416 e. The molecular formula is C47H61N7O10. The van der Waals surface area contributed by atoms with Crippen molar-refractivity contribution in [2.24, 2.45) is 5.11 Å². The van der Waals surface area contributed by atoms with E-state index in [-0.39, 0.29) is 45.8 Å². The summed E-state index contributed by atoms with van der Waals surface area (Å²) in [6.45, 7) is 9.54.